The topological polar surface area (TPSA) is 63.8 Å². The minimum Gasteiger partial charge on any atom is -0.308 e. The molecule has 1 heterocycles. The normalized spacial score (nSPS) is 20.3. The molecule has 1 aromatic rings. The Labute approximate surface area is 112 Å². The molecular weight excluding hydrogens is 244 g/mol. The Morgan fingerprint density at radius 1 is 1.17 bits per heavy atom. The summed E-state index contributed by atoms with van der Waals surface area (Å²) in [5, 5.41) is 1.86. The molecule has 0 bridgehead atoms. The smallest absolute Gasteiger partial charge is 0.147 e. The molecule has 3 rings (SSSR count). The Kier molecular flexibility index (Phi) is 3.43. The number of aromatic nitrogens is 2. The Bertz CT molecular complexity index is 439. The molecule has 0 spiro atoms. The molecule has 0 radical (unpaired) electrons. The van der Waals surface area contributed by atoms with Gasteiger partial charge < -0.3 is 5.43 Å². The Hall–Kier alpha value is -0.810. The van der Waals surface area contributed by atoms with Crippen molar-refractivity contribution >= 4 is 17.6 Å². The molecule has 0 aromatic carbocycles. The van der Waals surface area contributed by atoms with Crippen LogP contribution in [-0.2, 0) is 0 Å². The number of nitrogen functional groups attached to an aromatic ring is 1. The quantitative estimate of drug-likeness (QED) is 0.497. The van der Waals surface area contributed by atoms with E-state index in [1.807, 2.05) is 11.8 Å². The third-order valence-corrected chi connectivity index (χ3v) is 5.20. The van der Waals surface area contributed by atoms with E-state index in [9.17, 15) is 0 Å². The summed E-state index contributed by atoms with van der Waals surface area (Å²) in [5.74, 6) is 7.92. The van der Waals surface area contributed by atoms with Gasteiger partial charge in [-0.15, -0.1) is 11.8 Å². The van der Waals surface area contributed by atoms with Gasteiger partial charge in [-0.2, -0.15) is 0 Å². The van der Waals surface area contributed by atoms with E-state index in [0.29, 0.717) is 5.92 Å². The summed E-state index contributed by atoms with van der Waals surface area (Å²) in [6.07, 6.45) is 7.80. The summed E-state index contributed by atoms with van der Waals surface area (Å²) in [5.41, 5.74) is 3.82. The fourth-order valence-electron chi connectivity index (χ4n) is 2.46. The van der Waals surface area contributed by atoms with Crippen LogP contribution in [0.4, 0.5) is 5.82 Å². The second-order valence-corrected chi connectivity index (χ2v) is 6.59. The highest BCUT2D eigenvalue weighted by atomic mass is 32.2. The van der Waals surface area contributed by atoms with E-state index >= 15 is 0 Å². The van der Waals surface area contributed by atoms with E-state index in [-0.39, 0.29) is 0 Å². The van der Waals surface area contributed by atoms with Gasteiger partial charge in [0.25, 0.3) is 0 Å². The number of thioether (sulfide) groups is 1. The number of nitrogens with zero attached hydrogens (tertiary/aromatic N) is 2. The maximum atomic E-state index is 5.57. The minimum atomic E-state index is 0.570. The van der Waals surface area contributed by atoms with Gasteiger partial charge in [0.2, 0.25) is 0 Å². The molecule has 0 amide bonds. The maximum absolute atomic E-state index is 5.57. The summed E-state index contributed by atoms with van der Waals surface area (Å²) >= 11 is 1.92. The summed E-state index contributed by atoms with van der Waals surface area (Å²) < 4.78 is 0. The van der Waals surface area contributed by atoms with Crippen molar-refractivity contribution < 1.29 is 0 Å². The van der Waals surface area contributed by atoms with E-state index in [2.05, 4.69) is 17.3 Å². The van der Waals surface area contributed by atoms with E-state index in [4.69, 9.17) is 10.8 Å². The molecule has 2 fully saturated rings. The summed E-state index contributed by atoms with van der Waals surface area (Å²) in [6.45, 7) is 2.06. The molecule has 2 aliphatic rings. The number of hydrazine groups is 1. The van der Waals surface area contributed by atoms with Crippen molar-refractivity contribution in [2.75, 3.05) is 5.43 Å². The van der Waals surface area contributed by atoms with Crippen molar-refractivity contribution in [3.8, 4) is 0 Å². The molecule has 5 heteroatoms. The zero-order chi connectivity index (χ0) is 12.5. The van der Waals surface area contributed by atoms with Gasteiger partial charge in [0.1, 0.15) is 16.7 Å². The van der Waals surface area contributed by atoms with Gasteiger partial charge in [0, 0.05) is 16.7 Å². The molecule has 2 saturated carbocycles. The van der Waals surface area contributed by atoms with Gasteiger partial charge in [-0.1, -0.05) is 12.8 Å². The first-order valence-electron chi connectivity index (χ1n) is 6.79. The van der Waals surface area contributed by atoms with Crippen LogP contribution in [-0.4, -0.2) is 15.2 Å². The first-order chi connectivity index (χ1) is 8.78. The van der Waals surface area contributed by atoms with Crippen LogP contribution >= 0.6 is 11.8 Å². The molecule has 0 unspecified atom stereocenters. The van der Waals surface area contributed by atoms with Crippen LogP contribution in [0.25, 0.3) is 0 Å². The largest absolute Gasteiger partial charge is 0.308 e. The average molecular weight is 264 g/mol. The molecule has 0 atom stereocenters. The average Bonchev–Trinajstić information content (AvgIpc) is 3.11. The monoisotopic (exact) mass is 264 g/mol. The van der Waals surface area contributed by atoms with E-state index in [1.54, 1.807) is 0 Å². The summed E-state index contributed by atoms with van der Waals surface area (Å²) in [6, 6.07) is 0. The number of rotatable bonds is 4. The molecule has 18 heavy (non-hydrogen) atoms. The van der Waals surface area contributed by atoms with Crippen molar-refractivity contribution in [3.05, 3.63) is 11.4 Å². The van der Waals surface area contributed by atoms with Gasteiger partial charge >= 0.3 is 0 Å². The third-order valence-electron chi connectivity index (χ3n) is 3.78. The number of hydrogen-bond donors (Lipinski definition) is 2. The lowest BCUT2D eigenvalue weighted by Crippen LogP contribution is -2.13. The van der Waals surface area contributed by atoms with Crippen LogP contribution in [0.15, 0.2) is 5.03 Å². The van der Waals surface area contributed by atoms with Crippen molar-refractivity contribution in [3.63, 3.8) is 0 Å². The molecule has 1 aromatic heterocycles. The van der Waals surface area contributed by atoms with E-state index in [1.165, 1.54) is 38.5 Å². The highest BCUT2D eigenvalue weighted by Gasteiger charge is 2.29. The van der Waals surface area contributed by atoms with Crippen LogP contribution in [0.5, 0.6) is 0 Å². The lowest BCUT2D eigenvalue weighted by molar-refractivity contribution is 0.849. The predicted molar refractivity (Wildman–Crippen MR) is 74.7 cm³/mol. The number of nitrogens with two attached hydrogens (primary N) is 1. The van der Waals surface area contributed by atoms with E-state index in [0.717, 1.165) is 27.5 Å². The van der Waals surface area contributed by atoms with Crippen molar-refractivity contribution in [1.82, 2.24) is 9.97 Å². The standard InChI is InChI=1S/C13H20N4S/c1-8-11(17-14)15-12(9-6-7-9)16-13(8)18-10-4-2-3-5-10/h9-10H,2-7,14H2,1H3,(H,15,16,17). The van der Waals surface area contributed by atoms with Gasteiger partial charge in [0.05, 0.1) is 0 Å². The van der Waals surface area contributed by atoms with Crippen LogP contribution in [0.3, 0.4) is 0 Å². The summed E-state index contributed by atoms with van der Waals surface area (Å²) in [7, 11) is 0. The van der Waals surface area contributed by atoms with Crippen molar-refractivity contribution in [2.45, 2.75) is 61.6 Å². The highest BCUT2D eigenvalue weighted by molar-refractivity contribution is 7.99. The number of hydrogen-bond acceptors (Lipinski definition) is 5. The Morgan fingerprint density at radius 3 is 2.50 bits per heavy atom. The molecule has 98 valence electrons. The first-order valence-corrected chi connectivity index (χ1v) is 7.67. The number of anilines is 1. The zero-order valence-corrected chi connectivity index (χ0v) is 11.6. The fourth-order valence-corrected chi connectivity index (χ4v) is 3.76. The van der Waals surface area contributed by atoms with Crippen LogP contribution in [0.2, 0.25) is 0 Å². The minimum absolute atomic E-state index is 0.570. The fraction of sp³-hybridized carbons (Fsp3) is 0.692. The molecule has 0 aliphatic heterocycles. The lowest BCUT2D eigenvalue weighted by atomic mass is 10.3. The van der Waals surface area contributed by atoms with E-state index < -0.39 is 0 Å². The lowest BCUT2D eigenvalue weighted by Gasteiger charge is -2.14. The maximum Gasteiger partial charge on any atom is 0.147 e. The second-order valence-electron chi connectivity index (χ2n) is 5.30. The van der Waals surface area contributed by atoms with Gasteiger partial charge in [0.15, 0.2) is 0 Å². The van der Waals surface area contributed by atoms with Gasteiger partial charge in [-0.25, -0.2) is 15.8 Å². The second kappa shape index (κ2) is 5.05. The third kappa shape index (κ3) is 2.47. The van der Waals surface area contributed by atoms with Gasteiger partial charge in [-0.05, 0) is 32.6 Å². The van der Waals surface area contributed by atoms with Crippen LogP contribution in [0, 0.1) is 6.92 Å². The van der Waals surface area contributed by atoms with Crippen molar-refractivity contribution in [2.24, 2.45) is 5.84 Å². The zero-order valence-electron chi connectivity index (χ0n) is 10.8. The predicted octanol–water partition coefficient (Wildman–Crippen LogP) is 2.98. The van der Waals surface area contributed by atoms with Gasteiger partial charge in [-0.3, -0.25) is 0 Å². The molecule has 3 N–H and O–H groups in total. The molecule has 2 aliphatic carbocycles. The highest BCUT2D eigenvalue weighted by Crippen LogP contribution is 2.41. The molecule has 4 nitrogen and oxygen atoms in total. The molecular formula is C13H20N4S. The number of nitrogens with one attached hydrogen (secondary N) is 1. The SMILES string of the molecule is Cc1c(NN)nc(C2CC2)nc1SC1CCCC1. The first kappa shape index (κ1) is 12.2. The summed E-state index contributed by atoms with van der Waals surface area (Å²) in [4.78, 5) is 9.29. The molecule has 0 saturated heterocycles. The van der Waals surface area contributed by atoms with Crippen LogP contribution < -0.4 is 11.3 Å². The van der Waals surface area contributed by atoms with Crippen LogP contribution in [0.1, 0.15) is 55.8 Å². The van der Waals surface area contributed by atoms with Crippen molar-refractivity contribution in [1.29, 1.82) is 0 Å². The Balaban J connectivity index is 1.87. The Morgan fingerprint density at radius 2 is 1.89 bits per heavy atom.